The molecule has 3 heterocycles. The quantitative estimate of drug-likeness (QED) is 0.911. The molecule has 2 bridgehead atoms. The number of aryl methyl sites for hydroxylation is 1. The van der Waals surface area contributed by atoms with E-state index in [1.54, 1.807) is 6.20 Å². The predicted molar refractivity (Wildman–Crippen MR) is 77.7 cm³/mol. The molecule has 5 nitrogen and oxygen atoms in total. The molecule has 2 saturated heterocycles. The number of fused-ring (bicyclic) bond motifs is 2. The minimum Gasteiger partial charge on any atom is -0.349 e. The van der Waals surface area contributed by atoms with E-state index in [0.29, 0.717) is 18.1 Å². The zero-order valence-electron chi connectivity index (χ0n) is 12.6. The van der Waals surface area contributed by atoms with Crippen LogP contribution in [0.1, 0.15) is 48.7 Å². The van der Waals surface area contributed by atoms with Gasteiger partial charge in [-0.2, -0.15) is 5.10 Å². The smallest absolute Gasteiger partial charge is 0.254 e. The lowest BCUT2D eigenvalue weighted by Crippen LogP contribution is -2.48. The van der Waals surface area contributed by atoms with Crippen molar-refractivity contribution in [1.29, 1.82) is 0 Å². The highest BCUT2D eigenvalue weighted by atomic mass is 16.1. The monoisotopic (exact) mass is 276 g/mol. The maximum absolute atomic E-state index is 12.4. The lowest BCUT2D eigenvalue weighted by atomic mass is 9.97. The van der Waals surface area contributed by atoms with Crippen molar-refractivity contribution < 1.29 is 4.79 Å². The zero-order valence-corrected chi connectivity index (χ0v) is 12.6. The highest BCUT2D eigenvalue weighted by Gasteiger charge is 2.38. The summed E-state index contributed by atoms with van der Waals surface area (Å²) >= 11 is 0. The van der Waals surface area contributed by atoms with Crippen LogP contribution in [0.5, 0.6) is 0 Å². The second-order valence-electron chi connectivity index (χ2n) is 6.15. The van der Waals surface area contributed by atoms with Crippen LogP contribution in [-0.4, -0.2) is 45.8 Å². The van der Waals surface area contributed by atoms with Crippen LogP contribution in [0.15, 0.2) is 6.20 Å². The Bertz CT molecular complexity index is 496. The Morgan fingerprint density at radius 2 is 2.05 bits per heavy atom. The fourth-order valence-corrected chi connectivity index (χ4v) is 3.78. The van der Waals surface area contributed by atoms with E-state index >= 15 is 0 Å². The number of aromatic nitrogens is 2. The summed E-state index contributed by atoms with van der Waals surface area (Å²) in [4.78, 5) is 14.9. The highest BCUT2D eigenvalue weighted by molar-refractivity contribution is 5.95. The fourth-order valence-electron chi connectivity index (χ4n) is 3.78. The van der Waals surface area contributed by atoms with Gasteiger partial charge in [0.15, 0.2) is 0 Å². The van der Waals surface area contributed by atoms with Gasteiger partial charge in [-0.25, -0.2) is 0 Å². The molecular weight excluding hydrogens is 252 g/mol. The number of hydrogen-bond acceptors (Lipinski definition) is 3. The van der Waals surface area contributed by atoms with Crippen LogP contribution < -0.4 is 5.32 Å². The molecule has 0 aromatic carbocycles. The Balaban J connectivity index is 1.66. The first-order valence-corrected chi connectivity index (χ1v) is 7.65. The van der Waals surface area contributed by atoms with Gasteiger partial charge < -0.3 is 10.2 Å². The van der Waals surface area contributed by atoms with Crippen molar-refractivity contribution in [1.82, 2.24) is 20.0 Å². The molecule has 1 amide bonds. The van der Waals surface area contributed by atoms with Crippen LogP contribution in [0.3, 0.4) is 0 Å². The first-order valence-electron chi connectivity index (χ1n) is 7.65. The number of carbonyl (C=O) groups excluding carboxylic acids is 1. The van der Waals surface area contributed by atoms with Crippen LogP contribution in [-0.2, 0) is 6.54 Å². The van der Waals surface area contributed by atoms with Gasteiger partial charge in [-0.15, -0.1) is 0 Å². The molecular formula is C15H24N4O. The average molecular weight is 276 g/mol. The highest BCUT2D eigenvalue weighted by Crippen LogP contribution is 2.34. The lowest BCUT2D eigenvalue weighted by molar-refractivity contribution is 0.0882. The average Bonchev–Trinajstić information content (AvgIpc) is 2.87. The van der Waals surface area contributed by atoms with Crippen molar-refractivity contribution >= 4 is 5.91 Å². The van der Waals surface area contributed by atoms with E-state index in [0.717, 1.165) is 30.6 Å². The van der Waals surface area contributed by atoms with Crippen molar-refractivity contribution in [2.75, 3.05) is 7.05 Å². The summed E-state index contributed by atoms with van der Waals surface area (Å²) in [5.41, 5.74) is 1.68. The van der Waals surface area contributed by atoms with Crippen molar-refractivity contribution in [3.8, 4) is 0 Å². The second kappa shape index (κ2) is 5.20. The Kier molecular flexibility index (Phi) is 3.54. The molecule has 0 spiro atoms. The maximum Gasteiger partial charge on any atom is 0.254 e. The molecule has 2 aliphatic heterocycles. The van der Waals surface area contributed by atoms with Crippen LogP contribution in [0.25, 0.3) is 0 Å². The van der Waals surface area contributed by atoms with E-state index in [2.05, 4.69) is 22.4 Å². The van der Waals surface area contributed by atoms with Crippen LogP contribution >= 0.6 is 0 Å². The number of nitrogens with one attached hydrogen (secondary N) is 1. The summed E-state index contributed by atoms with van der Waals surface area (Å²) in [6, 6.07) is 1.62. The minimum atomic E-state index is 0.0381. The lowest BCUT2D eigenvalue weighted by Gasteiger charge is -2.36. The summed E-state index contributed by atoms with van der Waals surface area (Å²) < 4.78 is 1.87. The van der Waals surface area contributed by atoms with Crippen molar-refractivity contribution in [2.24, 2.45) is 0 Å². The van der Waals surface area contributed by atoms with Crippen molar-refractivity contribution in [3.63, 3.8) is 0 Å². The number of amides is 1. The second-order valence-corrected chi connectivity index (χ2v) is 6.15. The molecule has 1 aromatic heterocycles. The van der Waals surface area contributed by atoms with Crippen LogP contribution in [0.4, 0.5) is 0 Å². The summed E-state index contributed by atoms with van der Waals surface area (Å²) in [5.74, 6) is 0.0381. The number of carbonyl (C=O) groups is 1. The maximum atomic E-state index is 12.4. The Morgan fingerprint density at radius 3 is 2.60 bits per heavy atom. The molecule has 0 aliphatic carbocycles. The molecule has 2 atom stereocenters. The molecule has 3 rings (SSSR count). The summed E-state index contributed by atoms with van der Waals surface area (Å²) in [7, 11) is 2.22. The van der Waals surface area contributed by atoms with Gasteiger partial charge in [0, 0.05) is 30.4 Å². The van der Waals surface area contributed by atoms with Gasteiger partial charge in [0.1, 0.15) is 0 Å². The van der Waals surface area contributed by atoms with Gasteiger partial charge in [-0.3, -0.25) is 9.48 Å². The van der Waals surface area contributed by atoms with Crippen molar-refractivity contribution in [3.05, 3.63) is 17.5 Å². The van der Waals surface area contributed by atoms with E-state index in [1.165, 1.54) is 12.8 Å². The molecule has 20 heavy (non-hydrogen) atoms. The van der Waals surface area contributed by atoms with E-state index in [1.807, 2.05) is 18.5 Å². The number of hydrogen-bond donors (Lipinski definition) is 1. The van der Waals surface area contributed by atoms with E-state index in [-0.39, 0.29) is 5.91 Å². The molecule has 1 aromatic rings. The van der Waals surface area contributed by atoms with Crippen LogP contribution in [0.2, 0.25) is 0 Å². The molecule has 110 valence electrons. The largest absolute Gasteiger partial charge is 0.349 e. The van der Waals surface area contributed by atoms with Crippen LogP contribution in [0, 0.1) is 6.92 Å². The molecule has 2 fully saturated rings. The Labute approximate surface area is 120 Å². The molecule has 2 unspecified atom stereocenters. The van der Waals surface area contributed by atoms with Gasteiger partial charge >= 0.3 is 0 Å². The standard InChI is InChI=1S/C15H24N4O/c1-4-19-10(2)14(9-16-19)15(20)17-11-7-12-5-6-13(8-11)18(12)3/h9,11-13H,4-8H2,1-3H3,(H,17,20). The summed E-state index contributed by atoms with van der Waals surface area (Å²) in [6.45, 7) is 4.80. The van der Waals surface area contributed by atoms with Gasteiger partial charge in [0.25, 0.3) is 5.91 Å². The van der Waals surface area contributed by atoms with Crippen molar-refractivity contribution in [2.45, 2.75) is 64.2 Å². The third kappa shape index (κ3) is 2.24. The topological polar surface area (TPSA) is 50.2 Å². The molecule has 0 radical (unpaired) electrons. The van der Waals surface area contributed by atoms with E-state index in [9.17, 15) is 4.79 Å². The number of rotatable bonds is 3. The molecule has 0 saturated carbocycles. The first kappa shape index (κ1) is 13.6. The molecule has 2 aliphatic rings. The fraction of sp³-hybridized carbons (Fsp3) is 0.733. The minimum absolute atomic E-state index is 0.0381. The van der Waals surface area contributed by atoms with Gasteiger partial charge in [0.05, 0.1) is 11.8 Å². The Hall–Kier alpha value is -1.36. The normalized spacial score (nSPS) is 29.6. The predicted octanol–water partition coefficient (Wildman–Crippen LogP) is 1.57. The zero-order chi connectivity index (χ0) is 14.3. The van der Waals surface area contributed by atoms with E-state index < -0.39 is 0 Å². The SMILES string of the molecule is CCn1ncc(C(=O)NC2CC3CCC(C2)N3C)c1C. The number of nitrogens with zero attached hydrogens (tertiary/aromatic N) is 3. The first-order chi connectivity index (χ1) is 9.60. The van der Waals surface area contributed by atoms with Gasteiger partial charge in [-0.05, 0) is 46.6 Å². The number of piperidine rings is 1. The molecule has 1 N–H and O–H groups in total. The molecule has 5 heteroatoms. The Morgan fingerprint density at radius 1 is 1.40 bits per heavy atom. The van der Waals surface area contributed by atoms with E-state index in [4.69, 9.17) is 0 Å². The summed E-state index contributed by atoms with van der Waals surface area (Å²) in [6.07, 6.45) is 6.41. The third-order valence-electron chi connectivity index (χ3n) is 5.08. The summed E-state index contributed by atoms with van der Waals surface area (Å²) in [5, 5.41) is 7.47. The van der Waals surface area contributed by atoms with Gasteiger partial charge in [-0.1, -0.05) is 0 Å². The van der Waals surface area contributed by atoms with Gasteiger partial charge in [0.2, 0.25) is 0 Å². The third-order valence-corrected chi connectivity index (χ3v) is 5.08.